The summed E-state index contributed by atoms with van der Waals surface area (Å²) in [7, 11) is 0. The third-order valence-electron chi connectivity index (χ3n) is 2.07. The number of amides is 2. The molecule has 4 nitrogen and oxygen atoms in total. The van der Waals surface area contributed by atoms with Crippen LogP contribution in [0, 0.1) is 0 Å². The molecule has 0 radical (unpaired) electrons. The number of imide groups is 1. The van der Waals surface area contributed by atoms with Crippen molar-refractivity contribution in [3.63, 3.8) is 0 Å². The summed E-state index contributed by atoms with van der Waals surface area (Å²) in [4.78, 5) is 34.0. The van der Waals surface area contributed by atoms with Gasteiger partial charge in [-0.15, -0.1) is 0 Å². The van der Waals surface area contributed by atoms with E-state index in [1.54, 1.807) is 0 Å². The molecule has 0 aromatic rings. The van der Waals surface area contributed by atoms with Crippen LogP contribution in [-0.4, -0.2) is 29.0 Å². The first kappa shape index (κ1) is 9.89. The maximum absolute atomic E-state index is 11.1. The first-order valence-electron chi connectivity index (χ1n) is 4.44. The Balaban J connectivity index is 2.31. The average Bonchev–Trinajstić information content (AvgIpc) is 2.34. The normalized spacial score (nSPS) is 16.8. The quantitative estimate of drug-likeness (QED) is 0.596. The molecule has 1 aliphatic rings. The molecule has 0 N–H and O–H groups in total. The first-order chi connectivity index (χ1) is 6.11. The zero-order valence-electron chi connectivity index (χ0n) is 7.71. The number of ketones is 1. The number of likely N-dealkylation sites (tertiary alicyclic amines) is 1. The third kappa shape index (κ3) is 2.65. The van der Waals surface area contributed by atoms with Gasteiger partial charge in [0.1, 0.15) is 5.78 Å². The molecule has 1 aliphatic heterocycles. The van der Waals surface area contributed by atoms with Gasteiger partial charge in [-0.1, -0.05) is 0 Å². The molecule has 1 saturated heterocycles. The molecule has 0 atom stereocenters. The Morgan fingerprint density at radius 2 is 1.85 bits per heavy atom. The van der Waals surface area contributed by atoms with Gasteiger partial charge in [-0.25, -0.2) is 0 Å². The molecule has 0 bridgehead atoms. The van der Waals surface area contributed by atoms with Crippen LogP contribution in [0.5, 0.6) is 0 Å². The molecule has 0 saturated carbocycles. The Morgan fingerprint density at radius 3 is 2.31 bits per heavy atom. The fourth-order valence-corrected chi connectivity index (χ4v) is 1.36. The number of Topliss-reactive ketones (excluding diaryl/α,β-unsaturated/α-hetero) is 1. The molecular formula is C9H13NO3. The summed E-state index contributed by atoms with van der Waals surface area (Å²) in [6.07, 6.45) is 1.70. The van der Waals surface area contributed by atoms with Crippen molar-refractivity contribution in [3.8, 4) is 0 Å². The molecular weight excluding hydrogens is 170 g/mol. The lowest BCUT2D eigenvalue weighted by molar-refractivity contribution is -0.138. The van der Waals surface area contributed by atoms with Crippen LogP contribution in [0.3, 0.4) is 0 Å². The molecule has 1 heterocycles. The Morgan fingerprint density at radius 1 is 1.31 bits per heavy atom. The van der Waals surface area contributed by atoms with Gasteiger partial charge in [0.15, 0.2) is 0 Å². The zero-order valence-corrected chi connectivity index (χ0v) is 7.71. The smallest absolute Gasteiger partial charge is 0.229 e. The second-order valence-electron chi connectivity index (χ2n) is 3.24. The molecule has 0 unspecified atom stereocenters. The van der Waals surface area contributed by atoms with Crippen molar-refractivity contribution >= 4 is 17.6 Å². The molecule has 0 aromatic carbocycles. The van der Waals surface area contributed by atoms with Gasteiger partial charge >= 0.3 is 0 Å². The topological polar surface area (TPSA) is 54.5 Å². The maximum atomic E-state index is 11.1. The summed E-state index contributed by atoms with van der Waals surface area (Å²) in [5, 5.41) is 0. The van der Waals surface area contributed by atoms with Crippen LogP contribution < -0.4 is 0 Å². The van der Waals surface area contributed by atoms with Crippen molar-refractivity contribution in [3.05, 3.63) is 0 Å². The molecule has 1 rings (SSSR count). The van der Waals surface area contributed by atoms with Crippen LogP contribution >= 0.6 is 0 Å². The maximum Gasteiger partial charge on any atom is 0.229 e. The van der Waals surface area contributed by atoms with Crippen LogP contribution in [0.15, 0.2) is 0 Å². The Bertz CT molecular complexity index is 231. The minimum atomic E-state index is -0.103. The van der Waals surface area contributed by atoms with Gasteiger partial charge in [0, 0.05) is 25.8 Å². The van der Waals surface area contributed by atoms with Gasteiger partial charge in [0.25, 0.3) is 0 Å². The van der Waals surface area contributed by atoms with Crippen LogP contribution in [0.4, 0.5) is 0 Å². The van der Waals surface area contributed by atoms with E-state index in [4.69, 9.17) is 0 Å². The van der Waals surface area contributed by atoms with Crippen LogP contribution in [-0.2, 0) is 14.4 Å². The van der Waals surface area contributed by atoms with Gasteiger partial charge in [0.05, 0.1) is 0 Å². The average molecular weight is 183 g/mol. The van der Waals surface area contributed by atoms with Crippen molar-refractivity contribution in [2.45, 2.75) is 32.6 Å². The molecule has 1 fully saturated rings. The summed E-state index contributed by atoms with van der Waals surface area (Å²) in [5.41, 5.74) is 0. The monoisotopic (exact) mass is 183 g/mol. The summed E-state index contributed by atoms with van der Waals surface area (Å²) in [5.74, 6) is -0.110. The highest BCUT2D eigenvalue weighted by Crippen LogP contribution is 2.12. The predicted molar refractivity (Wildman–Crippen MR) is 45.9 cm³/mol. The van der Waals surface area contributed by atoms with E-state index in [2.05, 4.69) is 0 Å². The van der Waals surface area contributed by atoms with E-state index in [1.807, 2.05) is 0 Å². The molecule has 13 heavy (non-hydrogen) atoms. The van der Waals surface area contributed by atoms with Crippen molar-refractivity contribution in [2.24, 2.45) is 0 Å². The largest absolute Gasteiger partial charge is 0.300 e. The number of carbonyl (C=O) groups excluding carboxylic acids is 3. The van der Waals surface area contributed by atoms with E-state index in [0.29, 0.717) is 32.2 Å². The van der Waals surface area contributed by atoms with Crippen LogP contribution in [0.2, 0.25) is 0 Å². The van der Waals surface area contributed by atoms with Gasteiger partial charge in [-0.05, 0) is 13.3 Å². The first-order valence-corrected chi connectivity index (χ1v) is 4.44. The highest BCUT2D eigenvalue weighted by atomic mass is 16.2. The van der Waals surface area contributed by atoms with Crippen LogP contribution in [0.25, 0.3) is 0 Å². The van der Waals surface area contributed by atoms with Crippen molar-refractivity contribution in [2.75, 3.05) is 6.54 Å². The molecule has 0 spiro atoms. The minimum Gasteiger partial charge on any atom is -0.300 e. The van der Waals surface area contributed by atoms with Gasteiger partial charge in [0.2, 0.25) is 11.8 Å². The number of hydrogen-bond donors (Lipinski definition) is 0. The van der Waals surface area contributed by atoms with E-state index >= 15 is 0 Å². The molecule has 0 aromatic heterocycles. The number of nitrogens with zero attached hydrogens (tertiary/aromatic N) is 1. The molecule has 4 heteroatoms. The highest BCUT2D eigenvalue weighted by molar-refractivity contribution is 6.01. The Labute approximate surface area is 76.9 Å². The zero-order chi connectivity index (χ0) is 9.84. The second kappa shape index (κ2) is 4.16. The highest BCUT2D eigenvalue weighted by Gasteiger charge is 2.27. The second-order valence-corrected chi connectivity index (χ2v) is 3.24. The van der Waals surface area contributed by atoms with Crippen molar-refractivity contribution < 1.29 is 14.4 Å². The van der Waals surface area contributed by atoms with E-state index in [-0.39, 0.29) is 17.6 Å². The summed E-state index contributed by atoms with van der Waals surface area (Å²) in [6.45, 7) is 1.91. The number of hydrogen-bond acceptors (Lipinski definition) is 3. The lowest BCUT2D eigenvalue weighted by Gasteiger charge is -2.12. The lowest BCUT2D eigenvalue weighted by Crippen LogP contribution is -2.30. The van der Waals surface area contributed by atoms with Gasteiger partial charge in [-0.3, -0.25) is 14.5 Å². The lowest BCUT2D eigenvalue weighted by atomic mass is 10.2. The number of carbonyl (C=O) groups is 3. The van der Waals surface area contributed by atoms with Crippen molar-refractivity contribution in [1.82, 2.24) is 4.90 Å². The summed E-state index contributed by atoms with van der Waals surface area (Å²) < 4.78 is 0. The van der Waals surface area contributed by atoms with E-state index in [9.17, 15) is 14.4 Å². The van der Waals surface area contributed by atoms with Gasteiger partial charge in [-0.2, -0.15) is 0 Å². The van der Waals surface area contributed by atoms with Gasteiger partial charge < -0.3 is 4.79 Å². The molecule has 2 amide bonds. The standard InChI is InChI=1S/C9H13NO3/c1-7(11)3-2-6-10-8(12)4-5-9(10)13/h2-6H2,1H3. The van der Waals surface area contributed by atoms with E-state index in [0.717, 1.165) is 0 Å². The fraction of sp³-hybridized carbons (Fsp3) is 0.667. The summed E-state index contributed by atoms with van der Waals surface area (Å²) >= 11 is 0. The van der Waals surface area contributed by atoms with Crippen molar-refractivity contribution in [1.29, 1.82) is 0 Å². The SMILES string of the molecule is CC(=O)CCCN1C(=O)CCC1=O. The summed E-state index contributed by atoms with van der Waals surface area (Å²) in [6, 6.07) is 0. The fourth-order valence-electron chi connectivity index (χ4n) is 1.36. The van der Waals surface area contributed by atoms with Crippen LogP contribution in [0.1, 0.15) is 32.6 Å². The third-order valence-corrected chi connectivity index (χ3v) is 2.07. The molecule has 72 valence electrons. The minimum absolute atomic E-state index is 0.0964. The van der Waals surface area contributed by atoms with E-state index < -0.39 is 0 Å². The number of rotatable bonds is 4. The predicted octanol–water partition coefficient (Wildman–Crippen LogP) is 0.505. The van der Waals surface area contributed by atoms with E-state index in [1.165, 1.54) is 11.8 Å². The Hall–Kier alpha value is -1.19. The Kier molecular flexibility index (Phi) is 3.17. The molecule has 0 aliphatic carbocycles.